The third kappa shape index (κ3) is 3.88. The van der Waals surface area contributed by atoms with Gasteiger partial charge in [0.2, 0.25) is 0 Å². The van der Waals surface area contributed by atoms with E-state index in [1.807, 2.05) is 0 Å². The average molecular weight is 252 g/mol. The molecule has 0 aliphatic rings. The third-order valence-corrected chi connectivity index (χ3v) is 3.02. The van der Waals surface area contributed by atoms with Gasteiger partial charge in [-0.2, -0.15) is 0 Å². The van der Waals surface area contributed by atoms with Crippen LogP contribution < -0.4 is 0 Å². The number of thiophene rings is 1. The van der Waals surface area contributed by atoms with E-state index in [1.165, 1.54) is 25.2 Å². The van der Waals surface area contributed by atoms with E-state index in [0.29, 0.717) is 0 Å². The predicted octanol–water partition coefficient (Wildman–Crippen LogP) is 2.72. The molecule has 2 N–H and O–H groups in total. The minimum atomic E-state index is -0.961. The van der Waals surface area contributed by atoms with Gasteiger partial charge in [0.25, 0.3) is 0 Å². The highest BCUT2D eigenvalue weighted by molar-refractivity contribution is 7.13. The molecule has 0 saturated heterocycles. The van der Waals surface area contributed by atoms with Crippen LogP contribution in [0.4, 0.5) is 0 Å². The molecule has 0 spiro atoms. The summed E-state index contributed by atoms with van der Waals surface area (Å²) in [5.41, 5.74) is 0.495. The second kappa shape index (κ2) is 5.45. The van der Waals surface area contributed by atoms with Crippen LogP contribution >= 0.6 is 11.3 Å². The van der Waals surface area contributed by atoms with Crippen molar-refractivity contribution in [1.29, 1.82) is 0 Å². The smallest absolute Gasteiger partial charge is 0.331 e. The van der Waals surface area contributed by atoms with E-state index >= 15 is 0 Å². The summed E-state index contributed by atoms with van der Waals surface area (Å²) in [6, 6.07) is 3.52. The zero-order chi connectivity index (χ0) is 13.0. The van der Waals surface area contributed by atoms with Gasteiger partial charge in [-0.15, -0.1) is 11.3 Å². The Hall–Kier alpha value is -1.88. The molecule has 0 radical (unpaired) electrons. The van der Waals surface area contributed by atoms with Crippen molar-refractivity contribution in [3.8, 4) is 0 Å². The van der Waals surface area contributed by atoms with E-state index in [4.69, 9.17) is 10.2 Å². The lowest BCUT2D eigenvalue weighted by molar-refractivity contribution is -0.133. The predicted molar refractivity (Wildman–Crippen MR) is 66.9 cm³/mol. The molecule has 90 valence electrons. The van der Waals surface area contributed by atoms with Gasteiger partial charge in [-0.1, -0.05) is 0 Å². The van der Waals surface area contributed by atoms with Crippen molar-refractivity contribution in [1.82, 2.24) is 0 Å². The summed E-state index contributed by atoms with van der Waals surface area (Å²) in [4.78, 5) is 22.8. The first-order valence-electron chi connectivity index (χ1n) is 4.83. The average Bonchev–Trinajstić information content (AvgIpc) is 2.65. The number of carboxylic acids is 2. The number of carboxylic acid groups (broad SMARTS) is 2. The zero-order valence-electron chi connectivity index (χ0n) is 9.43. The lowest BCUT2D eigenvalue weighted by Crippen LogP contribution is -1.94. The van der Waals surface area contributed by atoms with E-state index in [2.05, 4.69) is 0 Å². The normalized spacial score (nSPS) is 12.6. The van der Waals surface area contributed by atoms with E-state index in [0.717, 1.165) is 9.75 Å². The minimum Gasteiger partial charge on any atom is -0.478 e. The quantitative estimate of drug-likeness (QED) is 0.808. The van der Waals surface area contributed by atoms with Crippen LogP contribution in [0.1, 0.15) is 23.6 Å². The first-order chi connectivity index (χ1) is 7.90. The Kier molecular flexibility index (Phi) is 4.23. The fourth-order valence-corrected chi connectivity index (χ4v) is 2.09. The van der Waals surface area contributed by atoms with Gasteiger partial charge in [0.05, 0.1) is 0 Å². The number of rotatable bonds is 4. The highest BCUT2D eigenvalue weighted by atomic mass is 32.1. The molecule has 0 unspecified atom stereocenters. The van der Waals surface area contributed by atoms with Gasteiger partial charge in [0, 0.05) is 20.9 Å². The van der Waals surface area contributed by atoms with Gasteiger partial charge in [-0.05, 0) is 38.1 Å². The molecule has 0 fully saturated rings. The molecule has 1 rings (SSSR count). The molecule has 0 bridgehead atoms. The lowest BCUT2D eigenvalue weighted by atomic mass is 10.2. The Balaban J connectivity index is 2.94. The van der Waals surface area contributed by atoms with Crippen molar-refractivity contribution >= 4 is 35.4 Å². The molecule has 0 aromatic carbocycles. The van der Waals surface area contributed by atoms with Crippen LogP contribution in [0.3, 0.4) is 0 Å². The number of aliphatic carboxylic acids is 2. The first-order valence-corrected chi connectivity index (χ1v) is 5.65. The molecule has 1 aromatic rings. The molecular weight excluding hydrogens is 240 g/mol. The van der Waals surface area contributed by atoms with Crippen LogP contribution in [0.25, 0.3) is 12.2 Å². The van der Waals surface area contributed by atoms with Crippen molar-refractivity contribution < 1.29 is 19.8 Å². The number of carbonyl (C=O) groups is 2. The molecule has 0 aliphatic heterocycles. The summed E-state index contributed by atoms with van der Waals surface area (Å²) in [5.74, 6) is -1.92. The largest absolute Gasteiger partial charge is 0.478 e. The fourth-order valence-electron chi connectivity index (χ4n) is 1.07. The summed E-state index contributed by atoms with van der Waals surface area (Å²) in [6.07, 6.45) is 3.11. The molecular formula is C12H12O4S. The van der Waals surface area contributed by atoms with Crippen molar-refractivity contribution in [2.24, 2.45) is 0 Å². The van der Waals surface area contributed by atoms with Crippen LogP contribution in [0.15, 0.2) is 23.3 Å². The molecule has 1 aromatic heterocycles. The first kappa shape index (κ1) is 13.2. The number of hydrogen-bond acceptors (Lipinski definition) is 3. The highest BCUT2D eigenvalue weighted by Crippen LogP contribution is 2.21. The van der Waals surface area contributed by atoms with Gasteiger partial charge in [-0.3, -0.25) is 0 Å². The van der Waals surface area contributed by atoms with Crippen molar-refractivity contribution in [3.05, 3.63) is 33.0 Å². The third-order valence-electron chi connectivity index (χ3n) is 2.04. The maximum Gasteiger partial charge on any atom is 0.331 e. The highest BCUT2D eigenvalue weighted by Gasteiger charge is 2.04. The molecule has 0 saturated carbocycles. The second-order valence-electron chi connectivity index (χ2n) is 3.51. The van der Waals surface area contributed by atoms with Crippen LogP contribution in [0.5, 0.6) is 0 Å². The standard InChI is InChI=1S/C12H12O4S/c1-7(11(13)14)5-9-3-4-10(17-9)6-8(2)12(15)16/h3-6H,1-2H3,(H,13,14)(H,15,16)/b7-5+,8-6+. The van der Waals surface area contributed by atoms with Gasteiger partial charge >= 0.3 is 11.9 Å². The molecule has 5 heteroatoms. The van der Waals surface area contributed by atoms with E-state index in [1.54, 1.807) is 24.3 Å². The summed E-state index contributed by atoms with van der Waals surface area (Å²) in [6.45, 7) is 3.03. The Bertz CT molecular complexity index is 464. The summed E-state index contributed by atoms with van der Waals surface area (Å²) in [5, 5.41) is 17.4. The summed E-state index contributed by atoms with van der Waals surface area (Å²) in [7, 11) is 0. The molecule has 0 atom stereocenters. The Labute approximate surface area is 103 Å². The SMILES string of the molecule is C/C(=C\c1ccc(/C=C(\C)C(=O)O)s1)C(=O)O. The van der Waals surface area contributed by atoms with Crippen LogP contribution in [-0.2, 0) is 9.59 Å². The van der Waals surface area contributed by atoms with Gasteiger partial charge in [0.1, 0.15) is 0 Å². The zero-order valence-corrected chi connectivity index (χ0v) is 10.2. The van der Waals surface area contributed by atoms with Crippen molar-refractivity contribution in [3.63, 3.8) is 0 Å². The van der Waals surface area contributed by atoms with Gasteiger partial charge < -0.3 is 10.2 Å². The van der Waals surface area contributed by atoms with Crippen LogP contribution in [-0.4, -0.2) is 22.2 Å². The minimum absolute atomic E-state index is 0.248. The second-order valence-corrected chi connectivity index (χ2v) is 4.65. The van der Waals surface area contributed by atoms with Crippen LogP contribution in [0.2, 0.25) is 0 Å². The lowest BCUT2D eigenvalue weighted by Gasteiger charge is -1.91. The molecule has 0 amide bonds. The Morgan fingerprint density at radius 3 is 1.65 bits per heavy atom. The van der Waals surface area contributed by atoms with E-state index in [-0.39, 0.29) is 11.1 Å². The topological polar surface area (TPSA) is 74.6 Å². The van der Waals surface area contributed by atoms with E-state index in [9.17, 15) is 9.59 Å². The van der Waals surface area contributed by atoms with Gasteiger partial charge in [0.15, 0.2) is 0 Å². The fraction of sp³-hybridized carbons (Fsp3) is 0.167. The Morgan fingerprint density at radius 1 is 1.00 bits per heavy atom. The van der Waals surface area contributed by atoms with Gasteiger partial charge in [-0.25, -0.2) is 9.59 Å². The van der Waals surface area contributed by atoms with Crippen molar-refractivity contribution in [2.75, 3.05) is 0 Å². The maximum atomic E-state index is 10.6. The molecule has 0 aliphatic carbocycles. The summed E-state index contributed by atoms with van der Waals surface area (Å²) < 4.78 is 0. The monoisotopic (exact) mass is 252 g/mol. The Morgan fingerprint density at radius 2 is 1.35 bits per heavy atom. The van der Waals surface area contributed by atoms with E-state index < -0.39 is 11.9 Å². The number of hydrogen-bond donors (Lipinski definition) is 2. The van der Waals surface area contributed by atoms with Crippen LogP contribution in [0, 0.1) is 0 Å². The molecule has 4 nitrogen and oxygen atoms in total. The summed E-state index contributed by atoms with van der Waals surface area (Å²) >= 11 is 1.34. The molecule has 1 heterocycles. The van der Waals surface area contributed by atoms with Crippen molar-refractivity contribution in [2.45, 2.75) is 13.8 Å². The molecule has 17 heavy (non-hydrogen) atoms. The maximum absolute atomic E-state index is 10.6.